The first-order chi connectivity index (χ1) is 8.22. The highest BCUT2D eigenvalue weighted by molar-refractivity contribution is 5.88. The van der Waals surface area contributed by atoms with Gasteiger partial charge in [-0.2, -0.15) is 0 Å². The van der Waals surface area contributed by atoms with Gasteiger partial charge in [-0.05, 0) is 18.6 Å². The van der Waals surface area contributed by atoms with Crippen molar-refractivity contribution in [3.05, 3.63) is 29.7 Å². The van der Waals surface area contributed by atoms with E-state index in [0.717, 1.165) is 18.7 Å². The Labute approximate surface area is 97.9 Å². The number of carboxylic acids is 1. The molecule has 0 fully saturated rings. The first kappa shape index (κ1) is 11.5. The van der Waals surface area contributed by atoms with Crippen LogP contribution in [-0.4, -0.2) is 39.4 Å². The Morgan fingerprint density at radius 2 is 2.35 bits per heavy atom. The molecule has 0 aliphatic heterocycles. The van der Waals surface area contributed by atoms with Crippen molar-refractivity contribution in [2.75, 3.05) is 13.7 Å². The van der Waals surface area contributed by atoms with E-state index in [2.05, 4.69) is 10.2 Å². The molecule has 0 saturated heterocycles. The summed E-state index contributed by atoms with van der Waals surface area (Å²) < 4.78 is 6.76. The maximum atomic E-state index is 10.8. The average Bonchev–Trinajstić information content (AvgIpc) is 2.72. The monoisotopic (exact) mass is 235 g/mol. The predicted octanol–water partition coefficient (Wildman–Crippen LogP) is 1.01. The van der Waals surface area contributed by atoms with Crippen LogP contribution in [0.1, 0.15) is 22.6 Å². The molecule has 0 aliphatic rings. The summed E-state index contributed by atoms with van der Waals surface area (Å²) in [6, 6.07) is 3.05. The van der Waals surface area contributed by atoms with Gasteiger partial charge in [0.25, 0.3) is 0 Å². The Bertz CT molecular complexity index is 536. The van der Waals surface area contributed by atoms with Gasteiger partial charge in [0, 0.05) is 26.3 Å². The summed E-state index contributed by atoms with van der Waals surface area (Å²) in [4.78, 5) is 10.8. The van der Waals surface area contributed by atoms with Gasteiger partial charge in [-0.25, -0.2) is 4.79 Å². The number of fused-ring (bicyclic) bond motifs is 1. The largest absolute Gasteiger partial charge is 0.478 e. The number of rotatable bonds is 5. The molecule has 0 unspecified atom stereocenters. The molecular formula is C11H13N3O3. The zero-order chi connectivity index (χ0) is 12.3. The van der Waals surface area contributed by atoms with E-state index in [1.165, 1.54) is 6.07 Å². The van der Waals surface area contributed by atoms with Crippen molar-refractivity contribution in [3.63, 3.8) is 0 Å². The minimum Gasteiger partial charge on any atom is -0.478 e. The highest BCUT2D eigenvalue weighted by Gasteiger charge is 2.08. The second kappa shape index (κ2) is 4.92. The number of carbonyl (C=O) groups is 1. The summed E-state index contributed by atoms with van der Waals surface area (Å²) in [6.07, 6.45) is 3.29. The summed E-state index contributed by atoms with van der Waals surface area (Å²) in [5.74, 6) is -0.148. The molecule has 1 N–H and O–H groups in total. The molecule has 0 bridgehead atoms. The lowest BCUT2D eigenvalue weighted by Gasteiger charge is -2.00. The summed E-state index contributed by atoms with van der Waals surface area (Å²) in [5, 5.41) is 16.8. The third-order valence-electron chi connectivity index (χ3n) is 2.48. The summed E-state index contributed by atoms with van der Waals surface area (Å²) in [6.45, 7) is 0.669. The minimum atomic E-state index is -0.962. The number of aromatic nitrogens is 3. The number of aromatic carboxylic acids is 1. The molecule has 0 aliphatic carbocycles. The molecule has 17 heavy (non-hydrogen) atoms. The van der Waals surface area contributed by atoms with Crippen molar-refractivity contribution in [3.8, 4) is 0 Å². The molecular weight excluding hydrogens is 222 g/mol. The van der Waals surface area contributed by atoms with E-state index < -0.39 is 5.97 Å². The number of ether oxygens (including phenoxy) is 1. The average molecular weight is 235 g/mol. The molecule has 2 heterocycles. The van der Waals surface area contributed by atoms with Crippen LogP contribution in [0, 0.1) is 0 Å². The number of carboxylic acid groups (broad SMARTS) is 1. The van der Waals surface area contributed by atoms with Crippen LogP contribution in [-0.2, 0) is 11.2 Å². The fraction of sp³-hybridized carbons (Fsp3) is 0.364. The van der Waals surface area contributed by atoms with E-state index in [-0.39, 0.29) is 5.56 Å². The van der Waals surface area contributed by atoms with Crippen LogP contribution in [0.15, 0.2) is 18.3 Å². The molecule has 0 aromatic carbocycles. The van der Waals surface area contributed by atoms with E-state index in [4.69, 9.17) is 9.84 Å². The number of hydrogen-bond acceptors (Lipinski definition) is 4. The number of hydrogen-bond donors (Lipinski definition) is 1. The van der Waals surface area contributed by atoms with E-state index in [1.807, 2.05) is 0 Å². The van der Waals surface area contributed by atoms with E-state index in [1.54, 1.807) is 23.8 Å². The quantitative estimate of drug-likeness (QED) is 0.782. The molecule has 6 heteroatoms. The zero-order valence-electron chi connectivity index (χ0n) is 9.46. The van der Waals surface area contributed by atoms with Crippen molar-refractivity contribution >= 4 is 11.6 Å². The van der Waals surface area contributed by atoms with Gasteiger partial charge in [-0.1, -0.05) is 0 Å². The van der Waals surface area contributed by atoms with E-state index in [9.17, 15) is 4.79 Å². The maximum Gasteiger partial charge on any atom is 0.335 e. The normalized spacial score (nSPS) is 10.9. The molecule has 90 valence electrons. The minimum absolute atomic E-state index is 0.216. The van der Waals surface area contributed by atoms with Gasteiger partial charge >= 0.3 is 5.97 Å². The standard InChI is InChI=1S/C11H13N3O3/c1-17-6-2-3-9-12-13-10-7-8(11(15)16)4-5-14(9)10/h4-5,7H,2-3,6H2,1H3,(H,15,16). The number of aryl methyl sites for hydroxylation is 1. The molecule has 2 rings (SSSR count). The van der Waals surface area contributed by atoms with Crippen molar-refractivity contribution < 1.29 is 14.6 Å². The number of methoxy groups -OCH3 is 1. The predicted molar refractivity (Wildman–Crippen MR) is 60.1 cm³/mol. The second-order valence-corrected chi connectivity index (χ2v) is 3.66. The Hall–Kier alpha value is -1.95. The lowest BCUT2D eigenvalue weighted by atomic mass is 10.2. The lowest BCUT2D eigenvalue weighted by Crippen LogP contribution is -2.00. The molecule has 6 nitrogen and oxygen atoms in total. The first-order valence-corrected chi connectivity index (χ1v) is 5.28. The Morgan fingerprint density at radius 1 is 1.53 bits per heavy atom. The van der Waals surface area contributed by atoms with Gasteiger partial charge in [0.15, 0.2) is 5.65 Å². The fourth-order valence-corrected chi connectivity index (χ4v) is 1.62. The zero-order valence-corrected chi connectivity index (χ0v) is 9.46. The third kappa shape index (κ3) is 2.42. The molecule has 0 atom stereocenters. The second-order valence-electron chi connectivity index (χ2n) is 3.66. The molecule has 2 aromatic rings. The Morgan fingerprint density at radius 3 is 3.06 bits per heavy atom. The van der Waals surface area contributed by atoms with Crippen LogP contribution in [0.3, 0.4) is 0 Å². The third-order valence-corrected chi connectivity index (χ3v) is 2.48. The molecule has 0 amide bonds. The van der Waals surface area contributed by atoms with Crippen molar-refractivity contribution in [1.29, 1.82) is 0 Å². The van der Waals surface area contributed by atoms with Gasteiger partial charge in [0.1, 0.15) is 5.82 Å². The maximum absolute atomic E-state index is 10.8. The van der Waals surface area contributed by atoms with Crippen LogP contribution in [0.2, 0.25) is 0 Å². The topological polar surface area (TPSA) is 76.7 Å². The van der Waals surface area contributed by atoms with Crippen molar-refractivity contribution in [2.45, 2.75) is 12.8 Å². The smallest absolute Gasteiger partial charge is 0.335 e. The molecule has 0 spiro atoms. The van der Waals surface area contributed by atoms with Crippen LogP contribution < -0.4 is 0 Å². The number of pyridine rings is 1. The highest BCUT2D eigenvalue weighted by atomic mass is 16.5. The molecule has 0 saturated carbocycles. The summed E-state index contributed by atoms with van der Waals surface area (Å²) in [5.41, 5.74) is 0.769. The van der Waals surface area contributed by atoms with Crippen LogP contribution in [0.25, 0.3) is 5.65 Å². The van der Waals surface area contributed by atoms with Crippen LogP contribution >= 0.6 is 0 Å². The Balaban J connectivity index is 2.25. The summed E-state index contributed by atoms with van der Waals surface area (Å²) in [7, 11) is 1.65. The summed E-state index contributed by atoms with van der Waals surface area (Å²) >= 11 is 0. The van der Waals surface area contributed by atoms with Crippen LogP contribution in [0.5, 0.6) is 0 Å². The van der Waals surface area contributed by atoms with Gasteiger partial charge < -0.3 is 9.84 Å². The fourth-order valence-electron chi connectivity index (χ4n) is 1.62. The van der Waals surface area contributed by atoms with Crippen LogP contribution in [0.4, 0.5) is 0 Å². The van der Waals surface area contributed by atoms with Crippen molar-refractivity contribution in [1.82, 2.24) is 14.6 Å². The molecule has 0 radical (unpaired) electrons. The Kier molecular flexibility index (Phi) is 3.34. The molecule has 2 aromatic heterocycles. The van der Waals surface area contributed by atoms with Gasteiger partial charge in [-0.3, -0.25) is 4.40 Å². The van der Waals surface area contributed by atoms with E-state index in [0.29, 0.717) is 12.3 Å². The SMILES string of the molecule is COCCCc1nnc2cc(C(=O)O)ccn12. The van der Waals surface area contributed by atoms with Gasteiger partial charge in [-0.15, -0.1) is 10.2 Å². The van der Waals surface area contributed by atoms with Gasteiger partial charge in [0.2, 0.25) is 0 Å². The highest BCUT2D eigenvalue weighted by Crippen LogP contribution is 2.09. The van der Waals surface area contributed by atoms with E-state index >= 15 is 0 Å². The van der Waals surface area contributed by atoms with Gasteiger partial charge in [0.05, 0.1) is 5.56 Å². The first-order valence-electron chi connectivity index (χ1n) is 5.28. The number of nitrogens with zero attached hydrogens (tertiary/aromatic N) is 3. The lowest BCUT2D eigenvalue weighted by molar-refractivity contribution is 0.0697. The van der Waals surface area contributed by atoms with Crippen molar-refractivity contribution in [2.24, 2.45) is 0 Å².